The SMILES string of the molecule is Oc1cc(O)c2c(c1)OC(c1ccc(O)c(O)c1)C(O)C2C1C(O)CCC2CCC(c3ccc(O)c(O)c3)OC21. The van der Waals surface area contributed by atoms with Crippen molar-refractivity contribution in [1.82, 2.24) is 0 Å². The Labute approximate surface area is 229 Å². The molecule has 1 saturated carbocycles. The van der Waals surface area contributed by atoms with E-state index < -0.39 is 48.1 Å². The molecule has 2 heterocycles. The van der Waals surface area contributed by atoms with E-state index in [1.165, 1.54) is 36.4 Å². The number of hydrogen-bond acceptors (Lipinski definition) is 10. The van der Waals surface area contributed by atoms with Crippen molar-refractivity contribution < 1.29 is 50.3 Å². The minimum Gasteiger partial charge on any atom is -0.508 e. The highest BCUT2D eigenvalue weighted by Gasteiger charge is 2.53. The zero-order valence-corrected chi connectivity index (χ0v) is 21.5. The van der Waals surface area contributed by atoms with Gasteiger partial charge in [-0.1, -0.05) is 12.1 Å². The van der Waals surface area contributed by atoms with Crippen molar-refractivity contribution in [3.8, 4) is 40.2 Å². The molecule has 8 N–H and O–H groups in total. The van der Waals surface area contributed by atoms with Crippen LogP contribution in [0, 0.1) is 11.8 Å². The van der Waals surface area contributed by atoms with Crippen molar-refractivity contribution in [2.45, 2.75) is 62.1 Å². The number of rotatable bonds is 3. The summed E-state index contributed by atoms with van der Waals surface area (Å²) in [7, 11) is 0. The average Bonchev–Trinajstić information content (AvgIpc) is 2.92. The van der Waals surface area contributed by atoms with Gasteiger partial charge in [0.2, 0.25) is 0 Å². The highest BCUT2D eigenvalue weighted by Crippen LogP contribution is 2.56. The van der Waals surface area contributed by atoms with Gasteiger partial charge in [-0.2, -0.15) is 0 Å². The second kappa shape index (κ2) is 9.96. The van der Waals surface area contributed by atoms with Crippen molar-refractivity contribution in [2.75, 3.05) is 0 Å². The van der Waals surface area contributed by atoms with Crippen LogP contribution in [0.25, 0.3) is 0 Å². The lowest BCUT2D eigenvalue weighted by atomic mass is 9.64. The molecule has 8 atom stereocenters. The molecular formula is C30H32O10. The van der Waals surface area contributed by atoms with E-state index in [0.717, 1.165) is 12.5 Å². The van der Waals surface area contributed by atoms with Crippen LogP contribution in [0.3, 0.4) is 0 Å². The van der Waals surface area contributed by atoms with Crippen molar-refractivity contribution in [3.63, 3.8) is 0 Å². The van der Waals surface area contributed by atoms with E-state index >= 15 is 0 Å². The Morgan fingerprint density at radius 1 is 0.650 bits per heavy atom. The summed E-state index contributed by atoms with van der Waals surface area (Å²) in [6.45, 7) is 0. The summed E-state index contributed by atoms with van der Waals surface area (Å²) in [5.41, 5.74) is 1.26. The number of benzene rings is 3. The van der Waals surface area contributed by atoms with Crippen LogP contribution >= 0.6 is 0 Å². The molecule has 10 nitrogen and oxygen atoms in total. The summed E-state index contributed by atoms with van der Waals surface area (Å²) in [4.78, 5) is 0. The third-order valence-electron chi connectivity index (χ3n) is 8.73. The van der Waals surface area contributed by atoms with Gasteiger partial charge in [0.1, 0.15) is 23.4 Å². The van der Waals surface area contributed by atoms with E-state index in [1.807, 2.05) is 0 Å². The third-order valence-corrected chi connectivity index (χ3v) is 8.73. The van der Waals surface area contributed by atoms with E-state index in [0.29, 0.717) is 30.4 Å². The van der Waals surface area contributed by atoms with Gasteiger partial charge in [-0.15, -0.1) is 0 Å². The first-order valence-electron chi connectivity index (χ1n) is 13.4. The monoisotopic (exact) mass is 552 g/mol. The van der Waals surface area contributed by atoms with Crippen LogP contribution in [0.4, 0.5) is 0 Å². The van der Waals surface area contributed by atoms with Crippen molar-refractivity contribution in [2.24, 2.45) is 11.8 Å². The van der Waals surface area contributed by atoms with Crippen LogP contribution in [0.15, 0.2) is 48.5 Å². The number of hydrogen-bond donors (Lipinski definition) is 8. The van der Waals surface area contributed by atoms with Gasteiger partial charge in [0.25, 0.3) is 0 Å². The maximum absolute atomic E-state index is 11.8. The van der Waals surface area contributed by atoms with Crippen molar-refractivity contribution >= 4 is 0 Å². The number of aromatic hydroxyl groups is 6. The first kappa shape index (κ1) is 26.4. The lowest BCUT2D eigenvalue weighted by Crippen LogP contribution is -2.53. The van der Waals surface area contributed by atoms with Gasteiger partial charge in [0.15, 0.2) is 29.1 Å². The zero-order valence-electron chi connectivity index (χ0n) is 21.5. The minimum atomic E-state index is -1.31. The number of phenols is 6. The lowest BCUT2D eigenvalue weighted by molar-refractivity contribution is -0.175. The van der Waals surface area contributed by atoms with Crippen LogP contribution in [-0.4, -0.2) is 59.2 Å². The Hall–Kier alpha value is -3.86. The largest absolute Gasteiger partial charge is 0.508 e. The Kier molecular flexibility index (Phi) is 6.56. The average molecular weight is 553 g/mol. The second-order valence-corrected chi connectivity index (χ2v) is 11.1. The Morgan fingerprint density at radius 3 is 2.00 bits per heavy atom. The number of aliphatic hydroxyl groups excluding tert-OH is 2. The quantitative estimate of drug-likeness (QED) is 0.223. The summed E-state index contributed by atoms with van der Waals surface area (Å²) in [5, 5.41) is 84.2. The summed E-state index contributed by atoms with van der Waals surface area (Å²) in [6.07, 6.45) is -1.65. The third kappa shape index (κ3) is 4.42. The van der Waals surface area contributed by atoms with E-state index in [-0.39, 0.29) is 46.0 Å². The standard InChI is InChI=1S/C30H32O10/c31-16-11-22(37)25-24(12-16)40-30(15-3-6-18(33)21(36)10-15)28(38)27(25)26-19(34)7-1-13-4-8-23(39-29(13)26)14-2-5-17(32)20(35)9-14/h2-3,5-6,9-13,19,23,26-38H,1,4,7-8H2. The molecular weight excluding hydrogens is 520 g/mol. The maximum Gasteiger partial charge on any atom is 0.157 e. The molecule has 0 aromatic heterocycles. The molecule has 40 heavy (non-hydrogen) atoms. The van der Waals surface area contributed by atoms with Crippen molar-refractivity contribution in [1.29, 1.82) is 0 Å². The fourth-order valence-electron chi connectivity index (χ4n) is 6.84. The highest BCUT2D eigenvalue weighted by molar-refractivity contribution is 5.55. The van der Waals surface area contributed by atoms with Crippen LogP contribution in [-0.2, 0) is 4.74 Å². The van der Waals surface area contributed by atoms with Crippen LogP contribution in [0.1, 0.15) is 60.5 Å². The number of ether oxygens (including phenoxy) is 2. The molecule has 3 aromatic rings. The smallest absolute Gasteiger partial charge is 0.157 e. The number of phenolic OH excluding ortho intramolecular Hbond substituents is 6. The molecule has 0 spiro atoms. The van der Waals surface area contributed by atoms with E-state index in [9.17, 15) is 40.9 Å². The van der Waals surface area contributed by atoms with E-state index in [2.05, 4.69) is 0 Å². The second-order valence-electron chi connectivity index (χ2n) is 11.1. The first-order chi connectivity index (χ1) is 19.1. The van der Waals surface area contributed by atoms with Gasteiger partial charge < -0.3 is 50.3 Å². The molecule has 212 valence electrons. The molecule has 0 bridgehead atoms. The molecule has 3 aliphatic rings. The minimum absolute atomic E-state index is 0.0595. The molecule has 6 rings (SSSR count). The van der Waals surface area contributed by atoms with E-state index in [1.54, 1.807) is 6.07 Å². The maximum atomic E-state index is 11.8. The van der Waals surface area contributed by atoms with Crippen LogP contribution in [0.5, 0.6) is 40.2 Å². The summed E-state index contributed by atoms with van der Waals surface area (Å²) in [5.74, 6) is -3.18. The van der Waals surface area contributed by atoms with Gasteiger partial charge in [-0.3, -0.25) is 0 Å². The molecule has 1 aliphatic carbocycles. The lowest BCUT2D eigenvalue weighted by Gasteiger charge is -2.51. The fourth-order valence-corrected chi connectivity index (χ4v) is 6.84. The Bertz CT molecular complexity index is 1420. The zero-order chi connectivity index (χ0) is 28.3. The predicted molar refractivity (Wildman–Crippen MR) is 141 cm³/mol. The fraction of sp³-hybridized carbons (Fsp3) is 0.400. The van der Waals surface area contributed by atoms with Gasteiger partial charge in [0.05, 0.1) is 18.3 Å². The van der Waals surface area contributed by atoms with Crippen molar-refractivity contribution in [3.05, 3.63) is 65.2 Å². The van der Waals surface area contributed by atoms with Gasteiger partial charge in [0, 0.05) is 29.5 Å². The van der Waals surface area contributed by atoms with E-state index in [4.69, 9.17) is 9.47 Å². The topological polar surface area (TPSA) is 180 Å². The molecule has 0 amide bonds. The number of fused-ring (bicyclic) bond motifs is 2. The molecule has 8 unspecified atom stereocenters. The summed E-state index contributed by atoms with van der Waals surface area (Å²) >= 11 is 0. The summed E-state index contributed by atoms with van der Waals surface area (Å²) in [6, 6.07) is 11.1. The molecule has 2 aliphatic heterocycles. The van der Waals surface area contributed by atoms with Gasteiger partial charge in [-0.25, -0.2) is 0 Å². The molecule has 10 heteroatoms. The predicted octanol–water partition coefficient (Wildman–Crippen LogP) is 3.81. The number of aliphatic hydroxyl groups is 2. The molecule has 0 radical (unpaired) electrons. The summed E-state index contributed by atoms with van der Waals surface area (Å²) < 4.78 is 12.7. The molecule has 1 saturated heterocycles. The van der Waals surface area contributed by atoms with Crippen LogP contribution < -0.4 is 4.74 Å². The molecule has 3 aromatic carbocycles. The van der Waals surface area contributed by atoms with Gasteiger partial charge >= 0.3 is 0 Å². The highest BCUT2D eigenvalue weighted by atomic mass is 16.5. The van der Waals surface area contributed by atoms with Crippen LogP contribution in [0.2, 0.25) is 0 Å². The molecule has 2 fully saturated rings. The Morgan fingerprint density at radius 2 is 1.30 bits per heavy atom. The Balaban J connectivity index is 1.43. The first-order valence-corrected chi connectivity index (χ1v) is 13.4. The van der Waals surface area contributed by atoms with Gasteiger partial charge in [-0.05, 0) is 67.0 Å². The normalized spacial score (nSPS) is 31.6.